The van der Waals surface area contributed by atoms with Crippen molar-refractivity contribution in [3.05, 3.63) is 98.8 Å². The van der Waals surface area contributed by atoms with Crippen LogP contribution in [0.4, 0.5) is 5.00 Å². The molecule has 0 amide bonds. The summed E-state index contributed by atoms with van der Waals surface area (Å²) in [4.78, 5) is 30.5. The maximum atomic E-state index is 12.9. The van der Waals surface area contributed by atoms with E-state index >= 15 is 0 Å². The molecule has 7 nitrogen and oxygen atoms in total. The van der Waals surface area contributed by atoms with Gasteiger partial charge in [0.1, 0.15) is 33.1 Å². The normalized spacial score (nSPS) is 11.0. The van der Waals surface area contributed by atoms with Gasteiger partial charge in [0.15, 0.2) is 0 Å². The highest BCUT2D eigenvalue weighted by Crippen LogP contribution is 2.35. The molecule has 0 bridgehead atoms. The molecule has 2 aromatic carbocycles. The summed E-state index contributed by atoms with van der Waals surface area (Å²) < 4.78 is 10.7. The van der Waals surface area contributed by atoms with Crippen LogP contribution >= 0.6 is 22.7 Å². The van der Waals surface area contributed by atoms with E-state index in [4.69, 9.17) is 9.47 Å². The molecule has 0 aliphatic carbocycles. The third kappa shape index (κ3) is 6.12. The third-order valence-corrected chi connectivity index (χ3v) is 7.38. The van der Waals surface area contributed by atoms with E-state index in [0.717, 1.165) is 28.2 Å². The Morgan fingerprint density at radius 3 is 2.43 bits per heavy atom. The summed E-state index contributed by atoms with van der Waals surface area (Å²) >= 11 is 2.42. The van der Waals surface area contributed by atoms with Gasteiger partial charge in [0.05, 0.1) is 17.9 Å². The standard InChI is InChI=1S/C28H23N3O4S2/c1-3-34-27(32)23-18(2)24(28(33)35-16-19-10-6-4-7-11-19)37-26(23)30-15-21(14-29)25-31-22(17-36-25)20-12-8-5-9-13-20/h4-13,15,17,30H,3,16H2,1-2H3/b21-15-. The Kier molecular flexibility index (Phi) is 8.46. The van der Waals surface area contributed by atoms with Crippen LogP contribution in [0, 0.1) is 18.3 Å². The number of thiazole rings is 1. The van der Waals surface area contributed by atoms with Crippen molar-refractivity contribution >= 4 is 45.2 Å². The van der Waals surface area contributed by atoms with E-state index < -0.39 is 11.9 Å². The molecule has 1 N–H and O–H groups in total. The van der Waals surface area contributed by atoms with E-state index in [9.17, 15) is 14.9 Å². The van der Waals surface area contributed by atoms with Gasteiger partial charge in [-0.05, 0) is 25.0 Å². The van der Waals surface area contributed by atoms with Crippen LogP contribution in [-0.4, -0.2) is 23.5 Å². The lowest BCUT2D eigenvalue weighted by atomic mass is 10.1. The summed E-state index contributed by atoms with van der Waals surface area (Å²) in [5.41, 5.74) is 3.56. The quantitative estimate of drug-likeness (QED) is 0.190. The second-order valence-corrected chi connectivity index (χ2v) is 9.64. The van der Waals surface area contributed by atoms with Crippen molar-refractivity contribution in [3.8, 4) is 17.3 Å². The molecule has 0 aliphatic heterocycles. The first kappa shape index (κ1) is 25.8. The van der Waals surface area contributed by atoms with Gasteiger partial charge in [-0.25, -0.2) is 14.6 Å². The van der Waals surface area contributed by atoms with E-state index in [0.29, 0.717) is 21.1 Å². The molecular weight excluding hydrogens is 506 g/mol. The number of hydrogen-bond acceptors (Lipinski definition) is 9. The van der Waals surface area contributed by atoms with Crippen molar-refractivity contribution in [2.75, 3.05) is 11.9 Å². The van der Waals surface area contributed by atoms with Gasteiger partial charge >= 0.3 is 11.9 Å². The number of benzene rings is 2. The molecule has 0 atom stereocenters. The summed E-state index contributed by atoms with van der Waals surface area (Å²) in [6.07, 6.45) is 1.49. The smallest absolute Gasteiger partial charge is 0.349 e. The number of carbonyl (C=O) groups is 2. The van der Waals surface area contributed by atoms with E-state index in [2.05, 4.69) is 16.4 Å². The Hall–Kier alpha value is -4.26. The molecule has 2 heterocycles. The van der Waals surface area contributed by atoms with Gasteiger partial charge in [-0.3, -0.25) is 0 Å². The Bertz CT molecular complexity index is 1470. The van der Waals surface area contributed by atoms with E-state index in [-0.39, 0.29) is 23.7 Å². The predicted octanol–water partition coefficient (Wildman–Crippen LogP) is 6.69. The topological polar surface area (TPSA) is 101 Å². The number of thiophene rings is 1. The van der Waals surface area contributed by atoms with Crippen molar-refractivity contribution in [3.63, 3.8) is 0 Å². The Balaban J connectivity index is 1.59. The SMILES string of the molecule is CCOC(=O)c1c(N/C=C(/C#N)c2nc(-c3ccccc3)cs2)sc(C(=O)OCc2ccccc2)c1C. The molecule has 186 valence electrons. The molecule has 37 heavy (non-hydrogen) atoms. The van der Waals surface area contributed by atoms with Gasteiger partial charge in [0.25, 0.3) is 0 Å². The highest BCUT2D eigenvalue weighted by Gasteiger charge is 2.26. The number of carbonyl (C=O) groups excluding carboxylic acids is 2. The number of nitrogens with one attached hydrogen (secondary N) is 1. The molecule has 0 fully saturated rings. The second-order valence-electron chi connectivity index (χ2n) is 7.76. The fraction of sp³-hybridized carbons (Fsp3) is 0.143. The van der Waals surface area contributed by atoms with Gasteiger partial charge in [-0.1, -0.05) is 60.7 Å². The predicted molar refractivity (Wildman–Crippen MR) is 145 cm³/mol. The van der Waals surface area contributed by atoms with E-state index in [1.165, 1.54) is 17.5 Å². The van der Waals surface area contributed by atoms with E-state index in [1.807, 2.05) is 66.0 Å². The Labute approximate surface area is 222 Å². The Morgan fingerprint density at radius 2 is 1.76 bits per heavy atom. The minimum absolute atomic E-state index is 0.112. The molecule has 4 rings (SSSR count). The molecule has 0 aliphatic rings. The fourth-order valence-corrected chi connectivity index (χ4v) is 5.32. The Morgan fingerprint density at radius 1 is 1.05 bits per heavy atom. The van der Waals surface area contributed by atoms with Crippen LogP contribution in [0.5, 0.6) is 0 Å². The van der Waals surface area contributed by atoms with Gasteiger partial charge < -0.3 is 14.8 Å². The van der Waals surface area contributed by atoms with Crippen LogP contribution in [-0.2, 0) is 16.1 Å². The average molecular weight is 530 g/mol. The number of nitrogens with zero attached hydrogens (tertiary/aromatic N) is 2. The fourth-order valence-electron chi connectivity index (χ4n) is 3.47. The highest BCUT2D eigenvalue weighted by atomic mass is 32.1. The monoisotopic (exact) mass is 529 g/mol. The van der Waals surface area contributed by atoms with Crippen LogP contribution < -0.4 is 5.32 Å². The number of anilines is 1. The number of allylic oxidation sites excluding steroid dienone is 1. The number of hydrogen-bond donors (Lipinski definition) is 1. The number of rotatable bonds is 9. The van der Waals surface area contributed by atoms with Gasteiger partial charge in [-0.15, -0.1) is 22.7 Å². The summed E-state index contributed by atoms with van der Waals surface area (Å²) in [6, 6.07) is 21.2. The number of aromatic nitrogens is 1. The lowest BCUT2D eigenvalue weighted by Crippen LogP contribution is -2.09. The first-order valence-electron chi connectivity index (χ1n) is 11.4. The van der Waals surface area contributed by atoms with Crippen molar-refractivity contribution in [2.24, 2.45) is 0 Å². The van der Waals surface area contributed by atoms with Gasteiger partial charge in [0, 0.05) is 17.1 Å². The summed E-state index contributed by atoms with van der Waals surface area (Å²) in [6.45, 7) is 3.68. The molecule has 0 saturated carbocycles. The number of esters is 2. The maximum Gasteiger partial charge on any atom is 0.349 e. The minimum Gasteiger partial charge on any atom is -0.462 e. The van der Waals surface area contributed by atoms with Crippen LogP contribution in [0.2, 0.25) is 0 Å². The summed E-state index contributed by atoms with van der Waals surface area (Å²) in [7, 11) is 0. The number of nitriles is 1. The van der Waals surface area contributed by atoms with Crippen LogP contribution in [0.3, 0.4) is 0 Å². The highest BCUT2D eigenvalue weighted by molar-refractivity contribution is 7.18. The molecule has 9 heteroatoms. The first-order valence-corrected chi connectivity index (χ1v) is 13.1. The molecule has 0 spiro atoms. The van der Waals surface area contributed by atoms with Crippen LogP contribution in [0.1, 0.15) is 43.1 Å². The van der Waals surface area contributed by atoms with Crippen LogP contribution in [0.25, 0.3) is 16.8 Å². The van der Waals surface area contributed by atoms with Crippen molar-refractivity contribution in [1.29, 1.82) is 5.26 Å². The minimum atomic E-state index is -0.562. The molecule has 4 aromatic rings. The molecule has 0 unspecified atom stereocenters. The lowest BCUT2D eigenvalue weighted by Gasteiger charge is -2.06. The zero-order valence-corrected chi connectivity index (χ0v) is 21.8. The maximum absolute atomic E-state index is 12.9. The van der Waals surface area contributed by atoms with Crippen LogP contribution in [0.15, 0.2) is 72.2 Å². The largest absolute Gasteiger partial charge is 0.462 e. The first-order chi connectivity index (χ1) is 18.0. The number of ether oxygens (including phenoxy) is 2. The second kappa shape index (κ2) is 12.1. The molecular formula is C28H23N3O4S2. The summed E-state index contributed by atoms with van der Waals surface area (Å²) in [5.74, 6) is -1.10. The van der Waals surface area contributed by atoms with Gasteiger partial charge in [0.2, 0.25) is 0 Å². The van der Waals surface area contributed by atoms with Crippen molar-refractivity contribution in [2.45, 2.75) is 20.5 Å². The van der Waals surface area contributed by atoms with Gasteiger partial charge in [-0.2, -0.15) is 5.26 Å². The molecule has 0 saturated heterocycles. The zero-order valence-electron chi connectivity index (χ0n) is 20.2. The average Bonchev–Trinajstić information content (AvgIpc) is 3.54. The lowest BCUT2D eigenvalue weighted by molar-refractivity contribution is 0.0478. The summed E-state index contributed by atoms with van der Waals surface area (Å²) in [5, 5.41) is 15.6. The van der Waals surface area contributed by atoms with Crippen molar-refractivity contribution in [1.82, 2.24) is 4.98 Å². The third-order valence-electron chi connectivity index (χ3n) is 5.30. The molecule has 0 radical (unpaired) electrons. The van der Waals surface area contributed by atoms with E-state index in [1.54, 1.807) is 13.8 Å². The zero-order chi connectivity index (χ0) is 26.2. The molecule has 2 aromatic heterocycles. The van der Waals surface area contributed by atoms with Crippen molar-refractivity contribution < 1.29 is 19.1 Å².